The van der Waals surface area contributed by atoms with Crippen LogP contribution in [0, 0.1) is 12.8 Å². The minimum Gasteiger partial charge on any atom is -0.352 e. The normalized spacial score (nSPS) is 23.5. The van der Waals surface area contributed by atoms with Gasteiger partial charge < -0.3 is 9.57 Å². The minimum atomic E-state index is -0.934. The van der Waals surface area contributed by atoms with Crippen LogP contribution in [0.4, 0.5) is 0 Å². The quantitative estimate of drug-likeness (QED) is 0.210. The Morgan fingerprint density at radius 3 is 2.31 bits per heavy atom. The van der Waals surface area contributed by atoms with Crippen LogP contribution in [0.1, 0.15) is 23.6 Å². The van der Waals surface area contributed by atoms with Crippen molar-refractivity contribution in [3.8, 4) is 0 Å². The summed E-state index contributed by atoms with van der Waals surface area (Å²) in [6.07, 6.45) is 6.07. The Morgan fingerprint density at radius 2 is 1.66 bits per heavy atom. The Labute approximate surface area is 210 Å². The molecule has 3 aromatic carbocycles. The molecule has 0 amide bonds. The van der Waals surface area contributed by atoms with Gasteiger partial charge in [0.15, 0.2) is 5.71 Å². The van der Waals surface area contributed by atoms with E-state index in [0.29, 0.717) is 12.2 Å². The van der Waals surface area contributed by atoms with E-state index in [0.717, 1.165) is 16.7 Å². The highest BCUT2D eigenvalue weighted by Crippen LogP contribution is 2.40. The summed E-state index contributed by atoms with van der Waals surface area (Å²) >= 11 is 1.80. The average molecular weight is 482 g/mol. The summed E-state index contributed by atoms with van der Waals surface area (Å²) < 4.78 is 5.64. The number of aryl methyl sites for hydroxylation is 1. The van der Waals surface area contributed by atoms with Crippen molar-refractivity contribution in [1.29, 1.82) is 0 Å². The first kappa shape index (κ1) is 23.3. The van der Waals surface area contributed by atoms with Crippen molar-refractivity contribution in [3.63, 3.8) is 0 Å². The molecule has 1 aliphatic heterocycles. The van der Waals surface area contributed by atoms with Crippen molar-refractivity contribution < 1.29 is 14.4 Å². The molecule has 3 aromatic rings. The number of Topliss-reactive ketones (excluding diaryl/α,β-unsaturated/α-hetero) is 1. The van der Waals surface area contributed by atoms with Crippen molar-refractivity contribution in [1.82, 2.24) is 0 Å². The molecule has 1 fully saturated rings. The van der Waals surface area contributed by atoms with E-state index < -0.39 is 5.79 Å². The molecule has 0 aromatic heterocycles. The molecule has 35 heavy (non-hydrogen) atoms. The van der Waals surface area contributed by atoms with E-state index in [4.69, 9.17) is 9.57 Å². The fourth-order valence-corrected chi connectivity index (χ4v) is 5.18. The minimum absolute atomic E-state index is 0.158. The standard InChI is InChI=1S/C30H27NO3S/c1-21-11-9-10-16-26(21)28(31-34-30(20-33-30)24-12-5-3-6-13-24)29(32)23-17-18-27(22(2)19-23)35-25-14-7-4-8-15-25/h3-19,22,27H,20H2,1-2H3/b31-28-. The van der Waals surface area contributed by atoms with Gasteiger partial charge in [-0.1, -0.05) is 103 Å². The molecular formula is C30H27NO3S. The van der Waals surface area contributed by atoms with Gasteiger partial charge in [0.25, 0.3) is 5.79 Å². The number of hydrogen-bond donors (Lipinski definition) is 0. The summed E-state index contributed by atoms with van der Waals surface area (Å²) in [5, 5.41) is 4.67. The van der Waals surface area contributed by atoms with Gasteiger partial charge in [0, 0.05) is 26.8 Å². The summed E-state index contributed by atoms with van der Waals surface area (Å²) in [5.74, 6) is -0.906. The lowest BCUT2D eigenvalue weighted by Gasteiger charge is -2.22. The predicted molar refractivity (Wildman–Crippen MR) is 140 cm³/mol. The molecule has 5 heteroatoms. The summed E-state index contributed by atoms with van der Waals surface area (Å²) in [6.45, 7) is 4.51. The number of hydrogen-bond acceptors (Lipinski definition) is 5. The Morgan fingerprint density at radius 1 is 1.00 bits per heavy atom. The lowest BCUT2D eigenvalue weighted by molar-refractivity contribution is -0.110. The van der Waals surface area contributed by atoms with Crippen molar-refractivity contribution in [2.75, 3.05) is 6.61 Å². The van der Waals surface area contributed by atoms with Crippen LogP contribution in [0.25, 0.3) is 0 Å². The fraction of sp³-hybridized carbons (Fsp3) is 0.200. The second-order valence-corrected chi connectivity index (χ2v) is 10.1. The number of ether oxygens (including phenoxy) is 1. The Balaban J connectivity index is 1.41. The number of ketones is 1. The van der Waals surface area contributed by atoms with Crippen LogP contribution >= 0.6 is 11.8 Å². The van der Waals surface area contributed by atoms with Gasteiger partial charge in [-0.2, -0.15) is 0 Å². The number of epoxide rings is 1. The van der Waals surface area contributed by atoms with E-state index in [-0.39, 0.29) is 22.7 Å². The zero-order valence-corrected chi connectivity index (χ0v) is 20.6. The van der Waals surface area contributed by atoms with Gasteiger partial charge in [-0.05, 0) is 30.5 Å². The molecule has 2 aliphatic rings. The van der Waals surface area contributed by atoms with E-state index >= 15 is 0 Å². The van der Waals surface area contributed by atoms with Crippen LogP contribution in [0.3, 0.4) is 0 Å². The maximum Gasteiger partial charge on any atom is 0.287 e. The first-order chi connectivity index (χ1) is 17.1. The van der Waals surface area contributed by atoms with Crippen LogP contribution in [-0.2, 0) is 20.2 Å². The van der Waals surface area contributed by atoms with Gasteiger partial charge in [-0.3, -0.25) is 4.79 Å². The third-order valence-electron chi connectivity index (χ3n) is 6.22. The summed E-state index contributed by atoms with van der Waals surface area (Å²) in [6, 6.07) is 27.7. The lowest BCUT2D eigenvalue weighted by Crippen LogP contribution is -2.24. The smallest absolute Gasteiger partial charge is 0.287 e. The first-order valence-electron chi connectivity index (χ1n) is 11.7. The van der Waals surface area contributed by atoms with Gasteiger partial charge in [0.2, 0.25) is 5.78 Å². The molecular weight excluding hydrogens is 454 g/mol. The highest BCUT2D eigenvalue weighted by atomic mass is 32.2. The van der Waals surface area contributed by atoms with Gasteiger partial charge >= 0.3 is 0 Å². The number of allylic oxidation sites excluding steroid dienone is 3. The highest BCUT2D eigenvalue weighted by molar-refractivity contribution is 8.00. The Bertz CT molecular complexity index is 1290. The van der Waals surface area contributed by atoms with E-state index in [2.05, 4.69) is 30.3 Å². The van der Waals surface area contributed by atoms with Crippen LogP contribution in [-0.4, -0.2) is 23.4 Å². The summed E-state index contributed by atoms with van der Waals surface area (Å²) in [4.78, 5) is 20.9. The molecule has 176 valence electrons. The van der Waals surface area contributed by atoms with E-state index in [9.17, 15) is 4.79 Å². The van der Waals surface area contributed by atoms with Crippen LogP contribution in [0.2, 0.25) is 0 Å². The SMILES string of the molecule is Cc1ccccc1/C(=N/OC1(c2ccccc2)CO1)C(=O)C1=CC(C)C(Sc2ccccc2)C=C1. The molecule has 1 heterocycles. The van der Waals surface area contributed by atoms with Crippen molar-refractivity contribution in [3.05, 3.63) is 125 Å². The van der Waals surface area contributed by atoms with Crippen LogP contribution < -0.4 is 0 Å². The largest absolute Gasteiger partial charge is 0.352 e. The number of nitrogens with zero attached hydrogens (tertiary/aromatic N) is 1. The van der Waals surface area contributed by atoms with Crippen LogP contribution in [0.15, 0.2) is 119 Å². The van der Waals surface area contributed by atoms with E-state index in [1.165, 1.54) is 4.90 Å². The number of carbonyl (C=O) groups is 1. The molecule has 3 unspecified atom stereocenters. The van der Waals surface area contributed by atoms with Crippen molar-refractivity contribution in [2.45, 2.75) is 29.8 Å². The number of thioether (sulfide) groups is 1. The monoisotopic (exact) mass is 481 g/mol. The topological polar surface area (TPSA) is 51.2 Å². The molecule has 4 nitrogen and oxygen atoms in total. The number of benzene rings is 3. The Kier molecular flexibility index (Phi) is 6.71. The molecule has 1 saturated heterocycles. The second kappa shape index (κ2) is 10.1. The molecule has 5 rings (SSSR count). The maximum atomic E-state index is 13.8. The van der Waals surface area contributed by atoms with Crippen molar-refractivity contribution in [2.24, 2.45) is 11.1 Å². The maximum absolute atomic E-state index is 13.8. The molecule has 0 bridgehead atoms. The highest BCUT2D eigenvalue weighted by Gasteiger charge is 2.51. The van der Waals surface area contributed by atoms with Gasteiger partial charge in [0.1, 0.15) is 6.61 Å². The molecule has 0 N–H and O–H groups in total. The zero-order chi connectivity index (χ0) is 24.3. The molecule has 1 aliphatic carbocycles. The summed E-state index contributed by atoms with van der Waals surface area (Å²) in [7, 11) is 0. The molecule has 0 radical (unpaired) electrons. The number of rotatable bonds is 8. The third kappa shape index (κ3) is 5.16. The predicted octanol–water partition coefficient (Wildman–Crippen LogP) is 6.46. The van der Waals surface area contributed by atoms with E-state index in [1.54, 1.807) is 11.8 Å². The van der Waals surface area contributed by atoms with Gasteiger partial charge in [-0.15, -0.1) is 11.8 Å². The average Bonchev–Trinajstić information content (AvgIpc) is 3.68. The first-order valence-corrected chi connectivity index (χ1v) is 12.6. The number of carbonyl (C=O) groups excluding carboxylic acids is 1. The molecule has 0 spiro atoms. The second-order valence-electron chi connectivity index (χ2n) is 8.82. The van der Waals surface area contributed by atoms with E-state index in [1.807, 2.05) is 91.9 Å². The van der Waals surface area contributed by atoms with Crippen molar-refractivity contribution >= 4 is 23.3 Å². The fourth-order valence-electron chi connectivity index (χ4n) is 4.10. The molecule has 3 atom stereocenters. The van der Waals surface area contributed by atoms with Gasteiger partial charge in [0.05, 0.1) is 0 Å². The Hall–Kier alpha value is -3.41. The zero-order valence-electron chi connectivity index (χ0n) is 19.8. The molecule has 0 saturated carbocycles. The summed E-state index contributed by atoms with van der Waals surface area (Å²) in [5.41, 5.74) is 3.50. The van der Waals surface area contributed by atoms with Gasteiger partial charge in [-0.25, -0.2) is 0 Å². The lowest BCUT2D eigenvalue weighted by atomic mass is 9.91. The number of oxime groups is 1. The third-order valence-corrected chi connectivity index (χ3v) is 7.63. The van der Waals surface area contributed by atoms with Crippen LogP contribution in [0.5, 0.6) is 0 Å².